The van der Waals surface area contributed by atoms with Gasteiger partial charge in [-0.05, 0) is 54.8 Å². The van der Waals surface area contributed by atoms with Gasteiger partial charge < -0.3 is 15.2 Å². The molecule has 154 valence electrons. The van der Waals surface area contributed by atoms with E-state index in [1.807, 2.05) is 0 Å². The van der Waals surface area contributed by atoms with Crippen LogP contribution in [-0.2, 0) is 30.8 Å². The van der Waals surface area contributed by atoms with Gasteiger partial charge in [0.2, 0.25) is 10.0 Å². The van der Waals surface area contributed by atoms with E-state index in [9.17, 15) is 23.1 Å². The molecule has 0 saturated carbocycles. The lowest BCUT2D eigenvalue weighted by Gasteiger charge is -2.15. The minimum atomic E-state index is -3.50. The third-order valence-electron chi connectivity index (χ3n) is 4.49. The summed E-state index contributed by atoms with van der Waals surface area (Å²) in [6.45, 7) is 0.595. The fraction of sp³-hybridized carbons (Fsp3) is 0.300. The largest absolute Gasteiger partial charge is 0.508 e. The molecular weight excluding hydrogens is 396 g/mol. The van der Waals surface area contributed by atoms with Gasteiger partial charge in [0.05, 0.1) is 11.3 Å². The number of esters is 1. The number of phenols is 1. The lowest BCUT2D eigenvalue weighted by Crippen LogP contribution is -2.27. The molecule has 29 heavy (non-hydrogen) atoms. The van der Waals surface area contributed by atoms with E-state index in [4.69, 9.17) is 4.74 Å². The zero-order chi connectivity index (χ0) is 20.9. The summed E-state index contributed by atoms with van der Waals surface area (Å²) in [4.78, 5) is 23.9. The van der Waals surface area contributed by atoms with Crippen molar-refractivity contribution in [1.82, 2.24) is 4.31 Å². The third-order valence-corrected chi connectivity index (χ3v) is 6.40. The standard InChI is InChI=1S/C20H22N2O6S/c23-17-7-3-15(4-8-17)13-20(25)28-14-19(24)21-16-5-9-18(10-6-16)29(26,27)22-11-1-2-12-22/h3-10,23H,1-2,11-14H2,(H,21,24). The summed E-state index contributed by atoms with van der Waals surface area (Å²) in [6.07, 6.45) is 1.70. The van der Waals surface area contributed by atoms with Gasteiger partial charge in [0.25, 0.3) is 5.91 Å². The van der Waals surface area contributed by atoms with Crippen LogP contribution in [0.3, 0.4) is 0 Å². The van der Waals surface area contributed by atoms with E-state index >= 15 is 0 Å². The maximum atomic E-state index is 12.5. The Morgan fingerprint density at radius 3 is 2.24 bits per heavy atom. The number of carbonyl (C=O) groups excluding carboxylic acids is 2. The van der Waals surface area contributed by atoms with Gasteiger partial charge in [-0.3, -0.25) is 9.59 Å². The fourth-order valence-electron chi connectivity index (χ4n) is 2.96. The van der Waals surface area contributed by atoms with Crippen LogP contribution in [0.1, 0.15) is 18.4 Å². The molecule has 1 heterocycles. The average molecular weight is 418 g/mol. The highest BCUT2D eigenvalue weighted by Gasteiger charge is 2.26. The third kappa shape index (κ3) is 5.55. The highest BCUT2D eigenvalue weighted by molar-refractivity contribution is 7.89. The molecule has 0 radical (unpaired) electrons. The first-order chi connectivity index (χ1) is 13.8. The number of ether oxygens (including phenoxy) is 1. The Morgan fingerprint density at radius 1 is 1.00 bits per heavy atom. The van der Waals surface area contributed by atoms with Gasteiger partial charge in [-0.1, -0.05) is 12.1 Å². The molecule has 2 aromatic rings. The summed E-state index contributed by atoms with van der Waals surface area (Å²) < 4.78 is 31.4. The number of phenolic OH excluding ortho intramolecular Hbond substituents is 1. The topological polar surface area (TPSA) is 113 Å². The first kappa shape index (κ1) is 20.8. The number of hydrogen-bond donors (Lipinski definition) is 2. The molecular formula is C20H22N2O6S. The molecule has 1 fully saturated rings. The van der Waals surface area contributed by atoms with Crippen LogP contribution < -0.4 is 5.32 Å². The summed E-state index contributed by atoms with van der Waals surface area (Å²) in [7, 11) is -3.50. The molecule has 1 amide bonds. The summed E-state index contributed by atoms with van der Waals surface area (Å²) in [6, 6.07) is 12.0. The summed E-state index contributed by atoms with van der Waals surface area (Å²) in [5, 5.41) is 11.8. The monoisotopic (exact) mass is 418 g/mol. The van der Waals surface area contributed by atoms with Crippen LogP contribution in [0.25, 0.3) is 0 Å². The predicted octanol–water partition coefficient (Wildman–Crippen LogP) is 1.90. The maximum Gasteiger partial charge on any atom is 0.310 e. The van der Waals surface area contributed by atoms with Gasteiger partial charge in [-0.15, -0.1) is 0 Å². The quantitative estimate of drug-likeness (QED) is 0.664. The van der Waals surface area contributed by atoms with Crippen molar-refractivity contribution in [3.8, 4) is 5.75 Å². The van der Waals surface area contributed by atoms with Crippen molar-refractivity contribution in [2.24, 2.45) is 0 Å². The number of carbonyl (C=O) groups is 2. The molecule has 0 aromatic heterocycles. The molecule has 9 heteroatoms. The van der Waals surface area contributed by atoms with Gasteiger partial charge >= 0.3 is 5.97 Å². The minimum absolute atomic E-state index is 0.0172. The summed E-state index contributed by atoms with van der Waals surface area (Å²) in [5.41, 5.74) is 1.06. The lowest BCUT2D eigenvalue weighted by atomic mass is 10.1. The number of nitrogens with one attached hydrogen (secondary N) is 1. The fourth-order valence-corrected chi connectivity index (χ4v) is 4.48. The number of sulfonamides is 1. The second kappa shape index (κ2) is 9.06. The highest BCUT2D eigenvalue weighted by atomic mass is 32.2. The molecule has 0 bridgehead atoms. The van der Waals surface area contributed by atoms with Gasteiger partial charge in [0.15, 0.2) is 6.61 Å². The van der Waals surface area contributed by atoms with Crippen LogP contribution >= 0.6 is 0 Å². The molecule has 2 N–H and O–H groups in total. The van der Waals surface area contributed by atoms with Crippen LogP contribution in [0.2, 0.25) is 0 Å². The molecule has 1 aliphatic heterocycles. The van der Waals surface area contributed by atoms with Crippen molar-refractivity contribution in [3.63, 3.8) is 0 Å². The number of rotatable bonds is 7. The number of anilines is 1. The van der Waals surface area contributed by atoms with E-state index in [-0.39, 0.29) is 17.1 Å². The van der Waals surface area contributed by atoms with Crippen LogP contribution in [0.5, 0.6) is 5.75 Å². The van der Waals surface area contributed by atoms with Crippen LogP contribution in [0, 0.1) is 0 Å². The number of amides is 1. The first-order valence-corrected chi connectivity index (χ1v) is 10.6. The maximum absolute atomic E-state index is 12.5. The number of aromatic hydroxyl groups is 1. The molecule has 0 aliphatic carbocycles. The van der Waals surface area contributed by atoms with Gasteiger partial charge in [0, 0.05) is 18.8 Å². The molecule has 2 aromatic carbocycles. The molecule has 0 spiro atoms. The van der Waals surface area contributed by atoms with E-state index in [0.29, 0.717) is 24.3 Å². The van der Waals surface area contributed by atoms with Crippen molar-refractivity contribution in [2.75, 3.05) is 25.0 Å². The Labute approximate surface area is 169 Å². The van der Waals surface area contributed by atoms with Gasteiger partial charge in [-0.2, -0.15) is 4.31 Å². The zero-order valence-corrected chi connectivity index (χ0v) is 16.5. The molecule has 0 unspecified atom stereocenters. The molecule has 1 aliphatic rings. The lowest BCUT2D eigenvalue weighted by molar-refractivity contribution is -0.146. The van der Waals surface area contributed by atoms with E-state index in [0.717, 1.165) is 12.8 Å². The highest BCUT2D eigenvalue weighted by Crippen LogP contribution is 2.22. The summed E-state index contributed by atoms with van der Waals surface area (Å²) >= 11 is 0. The zero-order valence-electron chi connectivity index (χ0n) is 15.7. The first-order valence-electron chi connectivity index (χ1n) is 9.18. The van der Waals surface area contributed by atoms with E-state index in [1.54, 1.807) is 12.1 Å². The number of benzene rings is 2. The Balaban J connectivity index is 1.49. The van der Waals surface area contributed by atoms with E-state index in [2.05, 4.69) is 5.32 Å². The number of hydrogen-bond acceptors (Lipinski definition) is 6. The second-order valence-corrected chi connectivity index (χ2v) is 8.63. The van der Waals surface area contributed by atoms with E-state index in [1.165, 1.54) is 40.7 Å². The van der Waals surface area contributed by atoms with Crippen LogP contribution in [0.15, 0.2) is 53.4 Å². The summed E-state index contributed by atoms with van der Waals surface area (Å²) in [5.74, 6) is -1.00. The number of nitrogens with zero attached hydrogens (tertiary/aromatic N) is 1. The Hall–Kier alpha value is -2.91. The van der Waals surface area contributed by atoms with Crippen LogP contribution in [0.4, 0.5) is 5.69 Å². The van der Waals surface area contributed by atoms with Gasteiger partial charge in [0.1, 0.15) is 5.75 Å². The smallest absolute Gasteiger partial charge is 0.310 e. The Kier molecular flexibility index (Phi) is 6.50. The average Bonchev–Trinajstić information content (AvgIpc) is 3.24. The van der Waals surface area contributed by atoms with Crippen molar-refractivity contribution >= 4 is 27.6 Å². The minimum Gasteiger partial charge on any atom is -0.508 e. The van der Waals surface area contributed by atoms with Gasteiger partial charge in [-0.25, -0.2) is 8.42 Å². The second-order valence-electron chi connectivity index (χ2n) is 6.69. The van der Waals surface area contributed by atoms with Crippen molar-refractivity contribution in [2.45, 2.75) is 24.2 Å². The Morgan fingerprint density at radius 2 is 1.62 bits per heavy atom. The van der Waals surface area contributed by atoms with Crippen LogP contribution in [-0.4, -0.2) is 49.4 Å². The van der Waals surface area contributed by atoms with Crippen molar-refractivity contribution < 1.29 is 27.9 Å². The molecule has 0 atom stereocenters. The van der Waals surface area contributed by atoms with E-state index < -0.39 is 28.5 Å². The predicted molar refractivity (Wildman–Crippen MR) is 106 cm³/mol. The normalized spacial score (nSPS) is 14.5. The van der Waals surface area contributed by atoms with Crippen molar-refractivity contribution in [1.29, 1.82) is 0 Å². The Bertz CT molecular complexity index is 965. The molecule has 3 rings (SSSR count). The SMILES string of the molecule is O=C(COC(=O)Cc1ccc(O)cc1)Nc1ccc(S(=O)(=O)N2CCCC2)cc1. The molecule has 8 nitrogen and oxygen atoms in total. The van der Waals surface area contributed by atoms with Crippen molar-refractivity contribution in [3.05, 3.63) is 54.1 Å². The molecule has 1 saturated heterocycles.